The van der Waals surface area contributed by atoms with Crippen LogP contribution >= 0.6 is 0 Å². The van der Waals surface area contributed by atoms with E-state index in [0.717, 1.165) is 22.5 Å². The lowest BCUT2D eigenvalue weighted by molar-refractivity contribution is 0.412. The second kappa shape index (κ2) is 3.89. The third-order valence-electron chi connectivity index (χ3n) is 2.57. The van der Waals surface area contributed by atoms with Crippen LogP contribution in [0.25, 0.3) is 11.0 Å². The number of anilines is 1. The van der Waals surface area contributed by atoms with E-state index in [2.05, 4.69) is 20.4 Å². The molecule has 0 saturated carbocycles. The highest BCUT2D eigenvalue weighted by molar-refractivity contribution is 5.85. The summed E-state index contributed by atoms with van der Waals surface area (Å²) in [5, 5.41) is 7.02. The molecule has 0 atom stereocenters. The lowest BCUT2D eigenvalue weighted by Gasteiger charge is -2.03. The van der Waals surface area contributed by atoms with Crippen LogP contribution in [-0.2, 0) is 13.6 Å². The molecule has 17 heavy (non-hydrogen) atoms. The minimum absolute atomic E-state index is 0.569. The van der Waals surface area contributed by atoms with E-state index in [1.807, 2.05) is 23.7 Å². The number of aromatic nitrogens is 4. The van der Waals surface area contributed by atoms with Crippen LogP contribution < -0.4 is 5.32 Å². The first-order chi connectivity index (χ1) is 8.34. The molecular formula is C11H11N5O. The van der Waals surface area contributed by atoms with Crippen LogP contribution in [0.3, 0.4) is 0 Å². The number of nitrogens with zero attached hydrogens (tertiary/aromatic N) is 4. The van der Waals surface area contributed by atoms with Gasteiger partial charge in [0.15, 0.2) is 5.82 Å². The number of hydrogen-bond donors (Lipinski definition) is 1. The summed E-state index contributed by atoms with van der Waals surface area (Å²) in [7, 11) is 1.96. The number of pyridine rings is 1. The predicted octanol–water partition coefficient (Wildman–Crippen LogP) is 1.57. The van der Waals surface area contributed by atoms with E-state index in [1.54, 1.807) is 18.8 Å². The number of imidazole rings is 1. The molecule has 0 saturated heterocycles. The van der Waals surface area contributed by atoms with Crippen molar-refractivity contribution in [1.29, 1.82) is 0 Å². The molecule has 0 aromatic carbocycles. The molecule has 3 aromatic heterocycles. The standard InChI is InChI=1S/C11H11N5O/c1-16-7-14-10-9(16)2-4-12-11(10)13-6-8-3-5-17-15-8/h2-5,7H,6H2,1H3,(H,12,13). The van der Waals surface area contributed by atoms with Crippen molar-refractivity contribution < 1.29 is 4.52 Å². The molecule has 0 spiro atoms. The monoisotopic (exact) mass is 229 g/mol. The Kier molecular flexibility index (Phi) is 2.25. The van der Waals surface area contributed by atoms with Gasteiger partial charge >= 0.3 is 0 Å². The molecule has 0 unspecified atom stereocenters. The van der Waals surface area contributed by atoms with E-state index in [9.17, 15) is 0 Å². The first-order valence-electron chi connectivity index (χ1n) is 5.24. The first-order valence-corrected chi connectivity index (χ1v) is 5.24. The van der Waals surface area contributed by atoms with Gasteiger partial charge in [-0.15, -0.1) is 0 Å². The Bertz CT molecular complexity index is 628. The van der Waals surface area contributed by atoms with Gasteiger partial charge in [-0.2, -0.15) is 0 Å². The van der Waals surface area contributed by atoms with Crippen LogP contribution in [0.5, 0.6) is 0 Å². The SMILES string of the molecule is Cn1cnc2c(NCc3ccon3)nccc21. The zero-order chi connectivity index (χ0) is 11.7. The Morgan fingerprint density at radius 1 is 1.35 bits per heavy atom. The van der Waals surface area contributed by atoms with Crippen molar-refractivity contribution in [3.05, 3.63) is 36.6 Å². The average Bonchev–Trinajstić information content (AvgIpc) is 2.97. The van der Waals surface area contributed by atoms with E-state index in [0.29, 0.717) is 6.54 Å². The van der Waals surface area contributed by atoms with Crippen LogP contribution in [0, 0.1) is 0 Å². The Morgan fingerprint density at radius 2 is 2.29 bits per heavy atom. The molecule has 0 aliphatic heterocycles. The fourth-order valence-corrected chi connectivity index (χ4v) is 1.69. The van der Waals surface area contributed by atoms with Gasteiger partial charge in [0, 0.05) is 19.3 Å². The van der Waals surface area contributed by atoms with Crippen molar-refractivity contribution in [2.24, 2.45) is 7.05 Å². The van der Waals surface area contributed by atoms with Crippen LogP contribution in [0.15, 0.2) is 35.4 Å². The van der Waals surface area contributed by atoms with Crippen LogP contribution in [0.1, 0.15) is 5.69 Å². The van der Waals surface area contributed by atoms with Gasteiger partial charge in [-0.1, -0.05) is 5.16 Å². The third kappa shape index (κ3) is 1.73. The van der Waals surface area contributed by atoms with Crippen molar-refractivity contribution in [2.45, 2.75) is 6.54 Å². The summed E-state index contributed by atoms with van der Waals surface area (Å²) < 4.78 is 6.72. The van der Waals surface area contributed by atoms with Gasteiger partial charge in [-0.05, 0) is 6.07 Å². The van der Waals surface area contributed by atoms with Crippen molar-refractivity contribution in [1.82, 2.24) is 19.7 Å². The first kappa shape index (κ1) is 9.83. The highest BCUT2D eigenvalue weighted by atomic mass is 16.5. The summed E-state index contributed by atoms with van der Waals surface area (Å²) in [6, 6.07) is 3.75. The van der Waals surface area contributed by atoms with E-state index in [-0.39, 0.29) is 0 Å². The maximum absolute atomic E-state index is 4.76. The van der Waals surface area contributed by atoms with E-state index in [4.69, 9.17) is 4.52 Å². The molecular weight excluding hydrogens is 218 g/mol. The fourth-order valence-electron chi connectivity index (χ4n) is 1.69. The largest absolute Gasteiger partial charge is 0.364 e. The minimum atomic E-state index is 0.569. The summed E-state index contributed by atoms with van der Waals surface area (Å²) in [5.74, 6) is 0.756. The summed E-state index contributed by atoms with van der Waals surface area (Å²) >= 11 is 0. The van der Waals surface area contributed by atoms with Crippen molar-refractivity contribution in [2.75, 3.05) is 5.32 Å². The number of hydrogen-bond acceptors (Lipinski definition) is 5. The Labute approximate surface area is 97.3 Å². The van der Waals surface area contributed by atoms with Gasteiger partial charge in [0.2, 0.25) is 0 Å². The van der Waals surface area contributed by atoms with Gasteiger partial charge in [-0.25, -0.2) is 9.97 Å². The molecule has 86 valence electrons. The van der Waals surface area contributed by atoms with E-state index < -0.39 is 0 Å². The Morgan fingerprint density at radius 3 is 3.12 bits per heavy atom. The normalized spacial score (nSPS) is 10.9. The van der Waals surface area contributed by atoms with E-state index in [1.165, 1.54) is 0 Å². The molecule has 0 amide bonds. The zero-order valence-corrected chi connectivity index (χ0v) is 9.29. The number of fused-ring (bicyclic) bond motifs is 1. The second-order valence-electron chi connectivity index (χ2n) is 3.73. The van der Waals surface area contributed by atoms with Gasteiger partial charge in [0.25, 0.3) is 0 Å². The number of aryl methyl sites for hydroxylation is 1. The predicted molar refractivity (Wildman–Crippen MR) is 62.3 cm³/mol. The van der Waals surface area contributed by atoms with Crippen LogP contribution in [-0.4, -0.2) is 19.7 Å². The molecule has 6 nitrogen and oxygen atoms in total. The highest BCUT2D eigenvalue weighted by Gasteiger charge is 2.06. The molecule has 0 aliphatic carbocycles. The third-order valence-corrected chi connectivity index (χ3v) is 2.57. The minimum Gasteiger partial charge on any atom is -0.364 e. The molecule has 0 radical (unpaired) electrons. The molecule has 6 heteroatoms. The number of nitrogens with one attached hydrogen (secondary N) is 1. The van der Waals surface area contributed by atoms with Gasteiger partial charge < -0.3 is 14.4 Å². The summed E-state index contributed by atoms with van der Waals surface area (Å²) in [4.78, 5) is 8.59. The van der Waals surface area contributed by atoms with Gasteiger partial charge in [0.05, 0.1) is 18.4 Å². The molecule has 1 N–H and O–H groups in total. The molecule has 0 bridgehead atoms. The molecule has 3 aromatic rings. The number of rotatable bonds is 3. The highest BCUT2D eigenvalue weighted by Crippen LogP contribution is 2.18. The maximum Gasteiger partial charge on any atom is 0.154 e. The second-order valence-corrected chi connectivity index (χ2v) is 3.73. The molecule has 3 rings (SSSR count). The summed E-state index contributed by atoms with van der Waals surface area (Å²) in [6.45, 7) is 0.569. The summed E-state index contributed by atoms with van der Waals surface area (Å²) in [6.07, 6.45) is 5.08. The summed E-state index contributed by atoms with van der Waals surface area (Å²) in [5.41, 5.74) is 2.74. The molecule has 0 aliphatic rings. The van der Waals surface area contributed by atoms with Crippen molar-refractivity contribution in [3.8, 4) is 0 Å². The Hall–Kier alpha value is -2.37. The smallest absolute Gasteiger partial charge is 0.154 e. The topological polar surface area (TPSA) is 68.8 Å². The fraction of sp³-hybridized carbons (Fsp3) is 0.182. The lowest BCUT2D eigenvalue weighted by atomic mass is 10.3. The quantitative estimate of drug-likeness (QED) is 0.738. The van der Waals surface area contributed by atoms with E-state index >= 15 is 0 Å². The van der Waals surface area contributed by atoms with Crippen molar-refractivity contribution in [3.63, 3.8) is 0 Å². The van der Waals surface area contributed by atoms with Crippen LogP contribution in [0.2, 0.25) is 0 Å². The average molecular weight is 229 g/mol. The zero-order valence-electron chi connectivity index (χ0n) is 9.29. The van der Waals surface area contributed by atoms with Gasteiger partial charge in [0.1, 0.15) is 17.5 Å². The Balaban J connectivity index is 1.90. The maximum atomic E-state index is 4.76. The lowest BCUT2D eigenvalue weighted by Crippen LogP contribution is -2.02. The molecule has 3 heterocycles. The van der Waals surface area contributed by atoms with Crippen LogP contribution in [0.4, 0.5) is 5.82 Å². The van der Waals surface area contributed by atoms with Crippen molar-refractivity contribution >= 4 is 16.9 Å². The van der Waals surface area contributed by atoms with Gasteiger partial charge in [-0.3, -0.25) is 0 Å². The molecule has 0 fully saturated rings.